The number of hydrogen-bond donors (Lipinski definition) is 1. The summed E-state index contributed by atoms with van der Waals surface area (Å²) in [6.45, 7) is 4.12. The molecule has 1 amide bonds. The average molecular weight is 292 g/mol. The first-order valence-electron chi connectivity index (χ1n) is 6.96. The lowest BCUT2D eigenvalue weighted by atomic mass is 10.1. The van der Waals surface area contributed by atoms with Gasteiger partial charge >= 0.3 is 0 Å². The predicted molar refractivity (Wildman–Crippen MR) is 88.5 cm³/mol. The van der Waals surface area contributed by atoms with Crippen molar-refractivity contribution in [2.24, 2.45) is 0 Å². The Bertz CT molecular complexity index is 751. The van der Waals surface area contributed by atoms with E-state index in [4.69, 9.17) is 10.5 Å². The van der Waals surface area contributed by atoms with E-state index < -0.39 is 0 Å². The normalized spacial score (nSPS) is 15.4. The van der Waals surface area contributed by atoms with Crippen molar-refractivity contribution in [3.8, 4) is 5.75 Å². The molecule has 2 aromatic carbocycles. The molecule has 1 heterocycles. The summed E-state index contributed by atoms with van der Waals surface area (Å²) in [5, 5.41) is 0. The van der Waals surface area contributed by atoms with Crippen LogP contribution in [0.15, 0.2) is 66.9 Å². The number of rotatable bonds is 3. The molecule has 0 bridgehead atoms. The van der Waals surface area contributed by atoms with Crippen LogP contribution in [-0.2, 0) is 4.79 Å². The Hall–Kier alpha value is -3.01. The van der Waals surface area contributed by atoms with E-state index in [1.807, 2.05) is 30.3 Å². The largest absolute Gasteiger partial charge is 0.449 e. The zero-order valence-corrected chi connectivity index (χ0v) is 12.0. The fraction of sp³-hybridized carbons (Fsp3) is 0.0556. The summed E-state index contributed by atoms with van der Waals surface area (Å²) in [6.07, 6.45) is 3.41. The molecule has 110 valence electrons. The Labute approximate surface area is 129 Å². The highest BCUT2D eigenvalue weighted by atomic mass is 16.5. The number of anilines is 2. The highest BCUT2D eigenvalue weighted by molar-refractivity contribution is 6.10. The number of amides is 1. The van der Waals surface area contributed by atoms with Crippen LogP contribution in [-0.4, -0.2) is 12.5 Å². The number of nitrogen functional groups attached to an aromatic ring is 1. The minimum absolute atomic E-state index is 0.193. The van der Waals surface area contributed by atoms with Gasteiger partial charge in [-0.25, -0.2) is 0 Å². The molecule has 4 heteroatoms. The number of hydrogen-bond acceptors (Lipinski definition) is 3. The number of benzene rings is 2. The third-order valence-corrected chi connectivity index (χ3v) is 3.36. The highest BCUT2D eigenvalue weighted by Gasteiger charge is 2.29. The molecule has 22 heavy (non-hydrogen) atoms. The fourth-order valence-electron chi connectivity index (χ4n) is 2.34. The minimum atomic E-state index is -0.193. The van der Waals surface area contributed by atoms with E-state index in [0.29, 0.717) is 23.7 Å². The zero-order chi connectivity index (χ0) is 15.5. The SMILES string of the molecule is C=CCN1C(=O)/C(=C\c2ccccc2)Oc2cc(N)ccc21. The van der Waals surface area contributed by atoms with E-state index in [1.54, 1.807) is 35.3 Å². The molecule has 4 nitrogen and oxygen atoms in total. The standard InChI is InChI=1S/C18H16N2O2/c1-2-10-20-15-9-8-14(19)12-16(15)22-17(18(20)21)11-13-6-4-3-5-7-13/h2-9,11-12H,1,10,19H2/b17-11+. The first kappa shape index (κ1) is 13.9. The number of ether oxygens (including phenoxy) is 1. The summed E-state index contributed by atoms with van der Waals surface area (Å²) in [5.74, 6) is 0.649. The molecule has 0 unspecified atom stereocenters. The maximum absolute atomic E-state index is 12.6. The van der Waals surface area contributed by atoms with Gasteiger partial charge in [0.1, 0.15) is 0 Å². The summed E-state index contributed by atoms with van der Waals surface area (Å²) < 4.78 is 5.76. The van der Waals surface area contributed by atoms with E-state index >= 15 is 0 Å². The molecule has 0 aliphatic carbocycles. The molecule has 1 aliphatic heterocycles. The maximum atomic E-state index is 12.6. The Morgan fingerprint density at radius 1 is 1.18 bits per heavy atom. The van der Waals surface area contributed by atoms with Gasteiger partial charge in [-0.2, -0.15) is 0 Å². The molecule has 3 rings (SSSR count). The van der Waals surface area contributed by atoms with Gasteiger partial charge in [-0.15, -0.1) is 6.58 Å². The summed E-state index contributed by atoms with van der Waals surface area (Å²) in [5.41, 5.74) is 8.00. The monoisotopic (exact) mass is 292 g/mol. The first-order valence-corrected chi connectivity index (χ1v) is 6.96. The Kier molecular flexibility index (Phi) is 3.66. The minimum Gasteiger partial charge on any atom is -0.449 e. The molecule has 0 atom stereocenters. The molecule has 2 aromatic rings. The third-order valence-electron chi connectivity index (χ3n) is 3.36. The smallest absolute Gasteiger partial charge is 0.294 e. The van der Waals surface area contributed by atoms with E-state index in [9.17, 15) is 4.79 Å². The van der Waals surface area contributed by atoms with Crippen molar-refractivity contribution in [2.75, 3.05) is 17.2 Å². The van der Waals surface area contributed by atoms with Gasteiger partial charge in [0, 0.05) is 18.3 Å². The third kappa shape index (κ3) is 2.59. The summed E-state index contributed by atoms with van der Waals surface area (Å²) >= 11 is 0. The van der Waals surface area contributed by atoms with E-state index in [-0.39, 0.29) is 11.7 Å². The molecular formula is C18H16N2O2. The Morgan fingerprint density at radius 3 is 2.68 bits per heavy atom. The number of fused-ring (bicyclic) bond motifs is 1. The Morgan fingerprint density at radius 2 is 1.95 bits per heavy atom. The van der Waals surface area contributed by atoms with Crippen molar-refractivity contribution >= 4 is 23.4 Å². The van der Waals surface area contributed by atoms with Crippen molar-refractivity contribution in [3.63, 3.8) is 0 Å². The van der Waals surface area contributed by atoms with Gasteiger partial charge in [-0.05, 0) is 23.8 Å². The molecule has 0 fully saturated rings. The van der Waals surface area contributed by atoms with Gasteiger partial charge in [0.25, 0.3) is 5.91 Å². The van der Waals surface area contributed by atoms with Crippen LogP contribution in [0.1, 0.15) is 5.56 Å². The van der Waals surface area contributed by atoms with Crippen LogP contribution in [0.25, 0.3) is 6.08 Å². The zero-order valence-electron chi connectivity index (χ0n) is 12.0. The molecule has 0 spiro atoms. The summed E-state index contributed by atoms with van der Waals surface area (Å²) in [7, 11) is 0. The van der Waals surface area contributed by atoms with Crippen molar-refractivity contribution < 1.29 is 9.53 Å². The molecule has 0 radical (unpaired) electrons. The molecule has 0 saturated carbocycles. The van der Waals surface area contributed by atoms with Crippen molar-refractivity contribution in [2.45, 2.75) is 0 Å². The number of nitrogens with two attached hydrogens (primary N) is 1. The van der Waals surface area contributed by atoms with E-state index in [0.717, 1.165) is 5.56 Å². The molecule has 0 saturated heterocycles. The van der Waals surface area contributed by atoms with Crippen LogP contribution in [0.5, 0.6) is 5.75 Å². The second-order valence-electron chi connectivity index (χ2n) is 4.95. The fourth-order valence-corrected chi connectivity index (χ4v) is 2.34. The van der Waals surface area contributed by atoms with E-state index in [1.165, 1.54) is 0 Å². The average Bonchev–Trinajstić information content (AvgIpc) is 2.52. The van der Waals surface area contributed by atoms with Crippen LogP contribution in [0.3, 0.4) is 0 Å². The van der Waals surface area contributed by atoms with Gasteiger partial charge in [0.05, 0.1) is 5.69 Å². The second kappa shape index (κ2) is 5.77. The Balaban J connectivity index is 2.06. The molecule has 1 aliphatic rings. The lowest BCUT2D eigenvalue weighted by Gasteiger charge is -2.29. The van der Waals surface area contributed by atoms with Crippen LogP contribution in [0.4, 0.5) is 11.4 Å². The van der Waals surface area contributed by atoms with Crippen LogP contribution < -0.4 is 15.4 Å². The van der Waals surface area contributed by atoms with Crippen molar-refractivity contribution in [3.05, 3.63) is 72.5 Å². The van der Waals surface area contributed by atoms with Gasteiger partial charge < -0.3 is 10.5 Å². The maximum Gasteiger partial charge on any atom is 0.294 e. The van der Waals surface area contributed by atoms with Crippen LogP contribution >= 0.6 is 0 Å². The second-order valence-corrected chi connectivity index (χ2v) is 4.95. The molecule has 0 aromatic heterocycles. The first-order chi connectivity index (χ1) is 10.7. The van der Waals surface area contributed by atoms with Crippen molar-refractivity contribution in [1.82, 2.24) is 0 Å². The summed E-state index contributed by atoms with van der Waals surface area (Å²) in [6, 6.07) is 14.8. The van der Waals surface area contributed by atoms with Crippen LogP contribution in [0, 0.1) is 0 Å². The van der Waals surface area contributed by atoms with Crippen LogP contribution in [0.2, 0.25) is 0 Å². The quantitative estimate of drug-likeness (QED) is 0.537. The van der Waals surface area contributed by atoms with Gasteiger partial charge in [0.2, 0.25) is 0 Å². The number of carbonyl (C=O) groups is 1. The topological polar surface area (TPSA) is 55.6 Å². The molecular weight excluding hydrogens is 276 g/mol. The van der Waals surface area contributed by atoms with Gasteiger partial charge in [-0.3, -0.25) is 9.69 Å². The van der Waals surface area contributed by atoms with Gasteiger partial charge in [-0.1, -0.05) is 36.4 Å². The lowest BCUT2D eigenvalue weighted by Crippen LogP contribution is -2.37. The number of carbonyl (C=O) groups excluding carboxylic acids is 1. The van der Waals surface area contributed by atoms with E-state index in [2.05, 4.69) is 6.58 Å². The predicted octanol–water partition coefficient (Wildman–Crippen LogP) is 3.22. The molecule has 2 N–H and O–H groups in total. The van der Waals surface area contributed by atoms with Crippen molar-refractivity contribution in [1.29, 1.82) is 0 Å². The highest BCUT2D eigenvalue weighted by Crippen LogP contribution is 2.37. The number of nitrogens with zero attached hydrogens (tertiary/aromatic N) is 1. The summed E-state index contributed by atoms with van der Waals surface area (Å²) in [4.78, 5) is 14.2. The lowest BCUT2D eigenvalue weighted by molar-refractivity contribution is -0.117. The van der Waals surface area contributed by atoms with Gasteiger partial charge in [0.15, 0.2) is 11.5 Å².